The standard InChI is InChI=1S/C12H15NO4/c1-3-17-11(14)12(15)7-8-6-9(16-2)4-5-10(8)13-12/h4-6,13,15H,3,7H2,1-2H3. The van der Waals surface area contributed by atoms with Gasteiger partial charge in [0, 0.05) is 12.1 Å². The van der Waals surface area contributed by atoms with Crippen molar-refractivity contribution in [3.63, 3.8) is 0 Å². The van der Waals surface area contributed by atoms with Gasteiger partial charge >= 0.3 is 5.97 Å². The molecule has 5 nitrogen and oxygen atoms in total. The summed E-state index contributed by atoms with van der Waals surface area (Å²) in [6, 6.07) is 5.33. The molecule has 0 spiro atoms. The molecule has 1 aliphatic heterocycles. The maximum atomic E-state index is 11.6. The Labute approximate surface area is 99.3 Å². The first-order chi connectivity index (χ1) is 8.09. The van der Waals surface area contributed by atoms with Crippen LogP contribution in [-0.2, 0) is 16.0 Å². The highest BCUT2D eigenvalue weighted by molar-refractivity contribution is 5.86. The summed E-state index contributed by atoms with van der Waals surface area (Å²) >= 11 is 0. The van der Waals surface area contributed by atoms with E-state index in [0.29, 0.717) is 5.75 Å². The van der Waals surface area contributed by atoms with E-state index in [4.69, 9.17) is 9.47 Å². The van der Waals surface area contributed by atoms with Crippen LogP contribution >= 0.6 is 0 Å². The Hall–Kier alpha value is -1.75. The fraction of sp³-hybridized carbons (Fsp3) is 0.417. The minimum absolute atomic E-state index is 0.179. The number of hydrogen-bond donors (Lipinski definition) is 2. The number of hydrogen-bond acceptors (Lipinski definition) is 5. The molecule has 1 unspecified atom stereocenters. The number of nitrogens with one attached hydrogen (secondary N) is 1. The molecule has 1 atom stereocenters. The van der Waals surface area contributed by atoms with E-state index in [2.05, 4.69) is 5.32 Å². The molecular weight excluding hydrogens is 222 g/mol. The van der Waals surface area contributed by atoms with Gasteiger partial charge in [0.05, 0.1) is 13.7 Å². The number of ether oxygens (including phenoxy) is 2. The Balaban J connectivity index is 2.23. The highest BCUT2D eigenvalue weighted by Gasteiger charge is 2.43. The van der Waals surface area contributed by atoms with E-state index in [1.807, 2.05) is 0 Å². The molecule has 1 aliphatic rings. The Morgan fingerprint density at radius 2 is 2.35 bits per heavy atom. The van der Waals surface area contributed by atoms with Crippen molar-refractivity contribution in [1.82, 2.24) is 0 Å². The van der Waals surface area contributed by atoms with Crippen molar-refractivity contribution in [2.45, 2.75) is 19.1 Å². The third-order valence-electron chi connectivity index (χ3n) is 2.71. The molecule has 1 aromatic rings. The van der Waals surface area contributed by atoms with Crippen LogP contribution in [0.3, 0.4) is 0 Å². The number of aliphatic hydroxyl groups is 1. The van der Waals surface area contributed by atoms with Crippen molar-refractivity contribution in [1.29, 1.82) is 0 Å². The molecule has 0 bridgehead atoms. The van der Waals surface area contributed by atoms with Crippen LogP contribution in [0.5, 0.6) is 5.75 Å². The molecule has 2 N–H and O–H groups in total. The zero-order valence-electron chi connectivity index (χ0n) is 9.82. The topological polar surface area (TPSA) is 67.8 Å². The summed E-state index contributed by atoms with van der Waals surface area (Å²) < 4.78 is 9.92. The van der Waals surface area contributed by atoms with Gasteiger partial charge in [0.1, 0.15) is 5.75 Å². The van der Waals surface area contributed by atoms with Crippen LogP contribution in [0.1, 0.15) is 12.5 Å². The summed E-state index contributed by atoms with van der Waals surface area (Å²) in [5, 5.41) is 12.9. The predicted octanol–water partition coefficient (Wildman–Crippen LogP) is 0.915. The van der Waals surface area contributed by atoms with Crippen LogP contribution in [0.4, 0.5) is 5.69 Å². The Kier molecular flexibility index (Phi) is 2.93. The van der Waals surface area contributed by atoms with Crippen molar-refractivity contribution >= 4 is 11.7 Å². The first-order valence-corrected chi connectivity index (χ1v) is 5.44. The van der Waals surface area contributed by atoms with E-state index in [0.717, 1.165) is 11.3 Å². The normalized spacial score (nSPS) is 21.6. The summed E-state index contributed by atoms with van der Waals surface area (Å²) in [7, 11) is 1.57. The number of anilines is 1. The quantitative estimate of drug-likeness (QED) is 0.765. The Bertz CT molecular complexity index is 446. The predicted molar refractivity (Wildman–Crippen MR) is 61.9 cm³/mol. The van der Waals surface area contributed by atoms with Crippen LogP contribution in [0.25, 0.3) is 0 Å². The fourth-order valence-electron chi connectivity index (χ4n) is 1.88. The molecule has 92 valence electrons. The van der Waals surface area contributed by atoms with Crippen LogP contribution < -0.4 is 10.1 Å². The monoisotopic (exact) mass is 237 g/mol. The molecule has 0 saturated heterocycles. The van der Waals surface area contributed by atoms with Gasteiger partial charge in [0.2, 0.25) is 5.72 Å². The molecule has 1 heterocycles. The highest BCUT2D eigenvalue weighted by atomic mass is 16.6. The van der Waals surface area contributed by atoms with Crippen molar-refractivity contribution in [2.24, 2.45) is 0 Å². The lowest BCUT2D eigenvalue weighted by atomic mass is 10.1. The maximum absolute atomic E-state index is 11.6. The zero-order valence-corrected chi connectivity index (χ0v) is 9.82. The highest BCUT2D eigenvalue weighted by Crippen LogP contribution is 2.34. The van der Waals surface area contributed by atoms with E-state index in [1.165, 1.54) is 0 Å². The lowest BCUT2D eigenvalue weighted by molar-refractivity contribution is -0.161. The summed E-state index contributed by atoms with van der Waals surface area (Å²) in [5.74, 6) is 0.0359. The van der Waals surface area contributed by atoms with Gasteiger partial charge in [-0.1, -0.05) is 0 Å². The van der Waals surface area contributed by atoms with E-state index in [-0.39, 0.29) is 13.0 Å². The lowest BCUT2D eigenvalue weighted by Crippen LogP contribution is -2.46. The Morgan fingerprint density at radius 1 is 1.59 bits per heavy atom. The van der Waals surface area contributed by atoms with Gasteiger partial charge in [0.25, 0.3) is 0 Å². The number of carbonyl (C=O) groups is 1. The second-order valence-electron chi connectivity index (χ2n) is 3.91. The molecule has 0 fully saturated rings. The number of rotatable bonds is 3. The van der Waals surface area contributed by atoms with E-state index in [9.17, 15) is 9.90 Å². The molecule has 2 rings (SSSR count). The average Bonchev–Trinajstić information content (AvgIpc) is 2.65. The second-order valence-corrected chi connectivity index (χ2v) is 3.91. The van der Waals surface area contributed by atoms with Gasteiger partial charge in [-0.2, -0.15) is 0 Å². The SMILES string of the molecule is CCOC(=O)C1(O)Cc2cc(OC)ccc2N1. The molecule has 0 radical (unpaired) electrons. The lowest BCUT2D eigenvalue weighted by Gasteiger charge is -2.20. The van der Waals surface area contributed by atoms with Crippen LogP contribution in [0.2, 0.25) is 0 Å². The van der Waals surface area contributed by atoms with Crippen molar-refractivity contribution in [2.75, 3.05) is 19.0 Å². The fourth-order valence-corrected chi connectivity index (χ4v) is 1.88. The number of esters is 1. The van der Waals surface area contributed by atoms with Crippen LogP contribution in [-0.4, -0.2) is 30.5 Å². The van der Waals surface area contributed by atoms with E-state index in [1.54, 1.807) is 32.2 Å². The van der Waals surface area contributed by atoms with Gasteiger partial charge in [-0.3, -0.25) is 0 Å². The second kappa shape index (κ2) is 4.25. The number of fused-ring (bicyclic) bond motifs is 1. The number of carbonyl (C=O) groups excluding carboxylic acids is 1. The minimum atomic E-state index is -1.66. The molecular formula is C12H15NO4. The van der Waals surface area contributed by atoms with Crippen molar-refractivity contribution in [3.05, 3.63) is 23.8 Å². The van der Waals surface area contributed by atoms with E-state index >= 15 is 0 Å². The molecule has 1 aromatic carbocycles. The number of benzene rings is 1. The largest absolute Gasteiger partial charge is 0.497 e. The third-order valence-corrected chi connectivity index (χ3v) is 2.71. The molecule has 0 amide bonds. The summed E-state index contributed by atoms with van der Waals surface area (Å²) in [6.45, 7) is 1.94. The van der Waals surface area contributed by atoms with Gasteiger partial charge in [-0.15, -0.1) is 0 Å². The van der Waals surface area contributed by atoms with E-state index < -0.39 is 11.7 Å². The van der Waals surface area contributed by atoms with Gasteiger partial charge in [-0.25, -0.2) is 4.79 Å². The van der Waals surface area contributed by atoms with Crippen LogP contribution in [0.15, 0.2) is 18.2 Å². The first kappa shape index (κ1) is 11.7. The smallest absolute Gasteiger partial charge is 0.359 e. The summed E-state index contributed by atoms with van der Waals surface area (Å²) in [6.07, 6.45) is 0.179. The maximum Gasteiger partial charge on any atom is 0.359 e. The Morgan fingerprint density at radius 3 is 3.00 bits per heavy atom. The third kappa shape index (κ3) is 2.06. The number of methoxy groups -OCH3 is 1. The molecule has 0 aliphatic carbocycles. The summed E-state index contributed by atoms with van der Waals surface area (Å²) in [5.41, 5.74) is -0.105. The van der Waals surface area contributed by atoms with Gasteiger partial charge < -0.3 is 19.9 Å². The molecule has 0 saturated carbocycles. The molecule has 0 aromatic heterocycles. The van der Waals surface area contributed by atoms with Crippen LogP contribution in [0, 0.1) is 0 Å². The van der Waals surface area contributed by atoms with Crippen molar-refractivity contribution < 1.29 is 19.4 Å². The minimum Gasteiger partial charge on any atom is -0.497 e. The van der Waals surface area contributed by atoms with Gasteiger partial charge in [-0.05, 0) is 30.7 Å². The molecule has 17 heavy (non-hydrogen) atoms. The van der Waals surface area contributed by atoms with Gasteiger partial charge in [0.15, 0.2) is 0 Å². The zero-order chi connectivity index (χ0) is 12.5. The summed E-state index contributed by atoms with van der Waals surface area (Å²) in [4.78, 5) is 11.6. The average molecular weight is 237 g/mol. The molecule has 5 heteroatoms. The van der Waals surface area contributed by atoms with Crippen molar-refractivity contribution in [3.8, 4) is 5.75 Å². The first-order valence-electron chi connectivity index (χ1n) is 5.44.